The van der Waals surface area contributed by atoms with Crippen molar-refractivity contribution in [1.29, 1.82) is 0 Å². The number of hydrogen-bond acceptors (Lipinski definition) is 7. The molecule has 0 amide bonds. The zero-order valence-electron chi connectivity index (χ0n) is 12.7. The molecule has 0 aliphatic heterocycles. The summed E-state index contributed by atoms with van der Waals surface area (Å²) in [5.74, 6) is -2.40. The molecule has 126 valence electrons. The van der Waals surface area contributed by atoms with Crippen molar-refractivity contribution in [1.82, 2.24) is 30.2 Å². The number of aromatic carboxylic acids is 1. The van der Waals surface area contributed by atoms with Gasteiger partial charge in [-0.1, -0.05) is 6.07 Å². The summed E-state index contributed by atoms with van der Waals surface area (Å²) in [6, 6.07) is 6.52. The number of nitrogens with one attached hydrogen (secondary N) is 1. The van der Waals surface area contributed by atoms with Crippen LogP contribution in [0.25, 0.3) is 5.76 Å². The lowest BCUT2D eigenvalue weighted by Crippen LogP contribution is -2.09. The van der Waals surface area contributed by atoms with Gasteiger partial charge in [0.05, 0.1) is 23.5 Å². The average Bonchev–Trinajstić information content (AvgIpc) is 3.25. The van der Waals surface area contributed by atoms with Crippen molar-refractivity contribution in [2.24, 2.45) is 0 Å². The van der Waals surface area contributed by atoms with Crippen molar-refractivity contribution in [3.8, 4) is 0 Å². The molecule has 0 fully saturated rings. The fraction of sp³-hybridized carbons (Fsp3) is 0.0667. The molecular formula is C15H12N6O4. The molecule has 25 heavy (non-hydrogen) atoms. The number of aromatic nitrogens is 6. The summed E-state index contributed by atoms with van der Waals surface area (Å²) in [6.45, 7) is 0.200. The Labute approximate surface area is 140 Å². The third-order valence-electron chi connectivity index (χ3n) is 3.30. The highest BCUT2D eigenvalue weighted by molar-refractivity contribution is 6.07. The van der Waals surface area contributed by atoms with E-state index >= 15 is 0 Å². The summed E-state index contributed by atoms with van der Waals surface area (Å²) in [4.78, 5) is 27.8. The fourth-order valence-corrected chi connectivity index (χ4v) is 2.16. The number of carbonyl (C=O) groups is 2. The van der Waals surface area contributed by atoms with Gasteiger partial charge < -0.3 is 14.8 Å². The van der Waals surface area contributed by atoms with E-state index in [9.17, 15) is 14.7 Å². The van der Waals surface area contributed by atoms with Gasteiger partial charge in [-0.3, -0.25) is 9.78 Å². The van der Waals surface area contributed by atoms with E-state index in [0.29, 0.717) is 5.69 Å². The molecule has 0 unspecified atom stereocenters. The molecule has 3 heterocycles. The van der Waals surface area contributed by atoms with E-state index < -0.39 is 17.5 Å². The molecule has 10 heteroatoms. The van der Waals surface area contributed by atoms with Gasteiger partial charge in [-0.25, -0.2) is 4.79 Å². The number of aliphatic hydroxyl groups excluding tert-OH is 1. The molecule has 10 nitrogen and oxygen atoms in total. The zero-order valence-corrected chi connectivity index (χ0v) is 12.7. The Balaban J connectivity index is 1.95. The van der Waals surface area contributed by atoms with E-state index in [4.69, 9.17) is 5.11 Å². The van der Waals surface area contributed by atoms with Crippen LogP contribution in [0.15, 0.2) is 42.7 Å². The minimum Gasteiger partial charge on any atom is -0.504 e. The lowest BCUT2D eigenvalue weighted by atomic mass is 10.2. The summed E-state index contributed by atoms with van der Waals surface area (Å²) in [7, 11) is 0. The Bertz CT molecular complexity index is 930. The summed E-state index contributed by atoms with van der Waals surface area (Å²) in [5, 5.41) is 31.6. The minimum absolute atomic E-state index is 0.0493. The quantitative estimate of drug-likeness (QED) is 0.341. The van der Waals surface area contributed by atoms with Gasteiger partial charge in [-0.05, 0) is 23.4 Å². The Morgan fingerprint density at radius 1 is 1.28 bits per heavy atom. The van der Waals surface area contributed by atoms with Gasteiger partial charge in [0.1, 0.15) is 0 Å². The molecule has 0 atom stereocenters. The number of allylic oxidation sites excluding steroid dienone is 1. The standard InChI is InChI=1S/C15H12N6O4/c22-12(6-13(23)14-17-19-20-18-14)11-5-9(15(24)25)7-21(11)8-10-3-1-2-4-16-10/h1-7,23H,8H2,(H,24,25)(H,17,18,19,20). The number of tetrazole rings is 1. The number of ketones is 1. The number of aromatic amines is 1. The first-order valence-corrected chi connectivity index (χ1v) is 7.07. The molecule has 0 saturated carbocycles. The summed E-state index contributed by atoms with van der Waals surface area (Å²) < 4.78 is 1.45. The Hall–Kier alpha value is -3.82. The van der Waals surface area contributed by atoms with E-state index in [0.717, 1.165) is 6.08 Å². The Morgan fingerprint density at radius 3 is 2.76 bits per heavy atom. The lowest BCUT2D eigenvalue weighted by molar-refractivity contribution is 0.0696. The van der Waals surface area contributed by atoms with Crippen molar-refractivity contribution in [2.45, 2.75) is 6.54 Å². The molecule has 0 aliphatic rings. The maximum absolute atomic E-state index is 12.4. The Morgan fingerprint density at radius 2 is 2.12 bits per heavy atom. The molecule has 3 rings (SSSR count). The molecular weight excluding hydrogens is 328 g/mol. The number of pyridine rings is 1. The van der Waals surface area contributed by atoms with E-state index in [-0.39, 0.29) is 23.6 Å². The van der Waals surface area contributed by atoms with Crippen molar-refractivity contribution in [3.63, 3.8) is 0 Å². The number of carbonyl (C=O) groups excluding carboxylic acids is 1. The third-order valence-corrected chi connectivity index (χ3v) is 3.30. The molecule has 3 aromatic heterocycles. The lowest BCUT2D eigenvalue weighted by Gasteiger charge is -2.06. The van der Waals surface area contributed by atoms with Crippen LogP contribution in [0, 0.1) is 0 Å². The predicted molar refractivity (Wildman–Crippen MR) is 83.8 cm³/mol. The van der Waals surface area contributed by atoms with Crippen LogP contribution in [-0.4, -0.2) is 52.1 Å². The minimum atomic E-state index is -1.17. The highest BCUT2D eigenvalue weighted by Gasteiger charge is 2.18. The van der Waals surface area contributed by atoms with E-state index in [1.165, 1.54) is 16.8 Å². The fourth-order valence-electron chi connectivity index (χ4n) is 2.16. The smallest absolute Gasteiger partial charge is 0.337 e. The highest BCUT2D eigenvalue weighted by atomic mass is 16.4. The van der Waals surface area contributed by atoms with Crippen LogP contribution in [0.5, 0.6) is 0 Å². The first-order valence-electron chi connectivity index (χ1n) is 7.07. The molecule has 0 saturated heterocycles. The van der Waals surface area contributed by atoms with Gasteiger partial charge in [0.25, 0.3) is 0 Å². The number of H-pyrrole nitrogens is 1. The number of hydrogen-bond donors (Lipinski definition) is 3. The van der Waals surface area contributed by atoms with Gasteiger partial charge in [0.15, 0.2) is 5.76 Å². The first-order chi connectivity index (χ1) is 12.0. The second kappa shape index (κ2) is 6.74. The normalized spacial score (nSPS) is 11.4. The summed E-state index contributed by atoms with van der Waals surface area (Å²) in [5.41, 5.74) is 0.681. The van der Waals surface area contributed by atoms with Crippen molar-refractivity contribution < 1.29 is 19.8 Å². The van der Waals surface area contributed by atoms with Crippen molar-refractivity contribution >= 4 is 17.5 Å². The van der Waals surface area contributed by atoms with Gasteiger partial charge in [0, 0.05) is 18.5 Å². The zero-order chi connectivity index (χ0) is 17.8. The van der Waals surface area contributed by atoms with Crippen LogP contribution in [0.1, 0.15) is 32.4 Å². The topological polar surface area (TPSA) is 147 Å². The second-order valence-corrected chi connectivity index (χ2v) is 5.00. The number of carboxylic acid groups (broad SMARTS) is 1. The number of aliphatic hydroxyl groups is 1. The van der Waals surface area contributed by atoms with Crippen LogP contribution < -0.4 is 0 Å². The third kappa shape index (κ3) is 3.58. The van der Waals surface area contributed by atoms with Gasteiger partial charge >= 0.3 is 5.97 Å². The van der Waals surface area contributed by atoms with Gasteiger partial charge in [-0.15, -0.1) is 10.2 Å². The molecule has 0 spiro atoms. The number of carboxylic acids is 1. The van der Waals surface area contributed by atoms with Gasteiger partial charge in [-0.2, -0.15) is 5.21 Å². The largest absolute Gasteiger partial charge is 0.504 e. The van der Waals surface area contributed by atoms with Crippen LogP contribution in [0.2, 0.25) is 0 Å². The molecule has 3 aromatic rings. The monoisotopic (exact) mass is 340 g/mol. The van der Waals surface area contributed by atoms with Crippen molar-refractivity contribution in [3.05, 3.63) is 65.5 Å². The Kier molecular flexibility index (Phi) is 4.33. The SMILES string of the molecule is O=C(O)c1cc(C(=O)C=C(O)c2nn[nH]n2)n(Cc2ccccn2)c1. The number of rotatable bonds is 6. The van der Waals surface area contributed by atoms with Crippen LogP contribution in [-0.2, 0) is 6.54 Å². The van der Waals surface area contributed by atoms with E-state index in [1.54, 1.807) is 24.4 Å². The molecule has 0 aromatic carbocycles. The van der Waals surface area contributed by atoms with Crippen LogP contribution in [0.3, 0.4) is 0 Å². The van der Waals surface area contributed by atoms with Gasteiger partial charge in [0.2, 0.25) is 11.6 Å². The molecule has 0 bridgehead atoms. The maximum Gasteiger partial charge on any atom is 0.337 e. The van der Waals surface area contributed by atoms with Crippen LogP contribution >= 0.6 is 0 Å². The number of nitrogens with zero attached hydrogens (tertiary/aromatic N) is 5. The summed E-state index contributed by atoms with van der Waals surface area (Å²) >= 11 is 0. The average molecular weight is 340 g/mol. The predicted octanol–water partition coefficient (Wildman–Crippen LogP) is 0.924. The molecule has 0 radical (unpaired) electrons. The summed E-state index contributed by atoms with van der Waals surface area (Å²) in [6.07, 6.45) is 3.84. The van der Waals surface area contributed by atoms with Crippen molar-refractivity contribution in [2.75, 3.05) is 0 Å². The highest BCUT2D eigenvalue weighted by Crippen LogP contribution is 2.14. The van der Waals surface area contributed by atoms with E-state index in [1.807, 2.05) is 0 Å². The molecule has 3 N–H and O–H groups in total. The second-order valence-electron chi connectivity index (χ2n) is 5.00. The molecule has 0 aliphatic carbocycles. The van der Waals surface area contributed by atoms with Crippen LogP contribution in [0.4, 0.5) is 0 Å². The van der Waals surface area contributed by atoms with E-state index in [2.05, 4.69) is 25.6 Å². The first kappa shape index (κ1) is 16.1. The maximum atomic E-state index is 12.4.